The molecular weight excluding hydrogens is 390 g/mol. The summed E-state index contributed by atoms with van der Waals surface area (Å²) in [7, 11) is 0. The zero-order chi connectivity index (χ0) is 21.2. The van der Waals surface area contributed by atoms with Gasteiger partial charge < -0.3 is 14.8 Å². The van der Waals surface area contributed by atoms with Gasteiger partial charge in [0, 0.05) is 39.1 Å². The number of piperazine rings is 1. The molecule has 160 valence electrons. The number of carbonyl (C=O) groups excluding carboxylic acids is 2. The fraction of sp³-hybridized carbons (Fsp3) is 0.375. The molecule has 1 unspecified atom stereocenters. The number of imidazole rings is 1. The summed E-state index contributed by atoms with van der Waals surface area (Å²) in [5.41, 5.74) is 3.41. The predicted octanol–water partition coefficient (Wildman–Crippen LogP) is 2.01. The van der Waals surface area contributed by atoms with Crippen molar-refractivity contribution in [2.75, 3.05) is 26.2 Å². The Balaban J connectivity index is 1.28. The van der Waals surface area contributed by atoms with E-state index >= 15 is 0 Å². The highest BCUT2D eigenvalue weighted by Gasteiger charge is 2.32. The standard InChI is InChI=1S/C24H27N5O2/c30-23-11-10-20(26-23)24(31)28-14-12-27(13-15-28)17-22-25-19-8-4-5-9-21(19)29(22)16-18-6-2-1-3-7-18/h1-9,20H,10-17H2,(H,26,30). The predicted molar refractivity (Wildman–Crippen MR) is 118 cm³/mol. The van der Waals surface area contributed by atoms with Crippen LogP contribution in [0.2, 0.25) is 0 Å². The van der Waals surface area contributed by atoms with Gasteiger partial charge in [-0.3, -0.25) is 14.5 Å². The first-order chi connectivity index (χ1) is 15.2. The molecular formula is C24H27N5O2. The second kappa shape index (κ2) is 8.51. The van der Waals surface area contributed by atoms with Crippen molar-refractivity contribution in [2.45, 2.75) is 32.0 Å². The molecule has 1 atom stereocenters. The van der Waals surface area contributed by atoms with E-state index in [-0.39, 0.29) is 17.9 Å². The fourth-order valence-electron chi connectivity index (χ4n) is 4.53. The number of benzene rings is 2. The Labute approximate surface area is 181 Å². The second-order valence-corrected chi connectivity index (χ2v) is 8.35. The van der Waals surface area contributed by atoms with Crippen molar-refractivity contribution in [1.29, 1.82) is 0 Å². The molecule has 3 heterocycles. The molecule has 1 N–H and O–H groups in total. The summed E-state index contributed by atoms with van der Waals surface area (Å²) in [5, 5.41) is 2.79. The van der Waals surface area contributed by atoms with Gasteiger partial charge in [0.05, 0.1) is 17.6 Å². The van der Waals surface area contributed by atoms with E-state index in [1.807, 2.05) is 17.0 Å². The first-order valence-corrected chi connectivity index (χ1v) is 11.0. The maximum Gasteiger partial charge on any atom is 0.245 e. The molecule has 2 saturated heterocycles. The summed E-state index contributed by atoms with van der Waals surface area (Å²) in [5.74, 6) is 1.09. The topological polar surface area (TPSA) is 70.5 Å². The largest absolute Gasteiger partial charge is 0.344 e. The fourth-order valence-corrected chi connectivity index (χ4v) is 4.53. The molecule has 2 aliphatic heterocycles. The van der Waals surface area contributed by atoms with Gasteiger partial charge in [-0.2, -0.15) is 0 Å². The summed E-state index contributed by atoms with van der Waals surface area (Å²) < 4.78 is 2.30. The number of hydrogen-bond donors (Lipinski definition) is 1. The molecule has 0 aliphatic carbocycles. The zero-order valence-corrected chi connectivity index (χ0v) is 17.5. The number of aromatic nitrogens is 2. The van der Waals surface area contributed by atoms with E-state index in [1.165, 1.54) is 5.56 Å². The van der Waals surface area contributed by atoms with E-state index < -0.39 is 0 Å². The summed E-state index contributed by atoms with van der Waals surface area (Å²) >= 11 is 0. The number of carbonyl (C=O) groups is 2. The van der Waals surface area contributed by atoms with Crippen molar-refractivity contribution < 1.29 is 9.59 Å². The van der Waals surface area contributed by atoms with Crippen LogP contribution in [0.3, 0.4) is 0 Å². The molecule has 5 rings (SSSR count). The Morgan fingerprint density at radius 2 is 1.71 bits per heavy atom. The van der Waals surface area contributed by atoms with E-state index in [0.717, 1.165) is 43.0 Å². The summed E-state index contributed by atoms with van der Waals surface area (Å²) in [4.78, 5) is 33.3. The molecule has 0 spiro atoms. The molecule has 31 heavy (non-hydrogen) atoms. The highest BCUT2D eigenvalue weighted by molar-refractivity contribution is 5.90. The molecule has 0 saturated carbocycles. The lowest BCUT2D eigenvalue weighted by atomic mass is 10.2. The van der Waals surface area contributed by atoms with Crippen LogP contribution in [0, 0.1) is 0 Å². The quantitative estimate of drug-likeness (QED) is 0.690. The minimum absolute atomic E-state index is 0.0192. The van der Waals surface area contributed by atoms with E-state index in [1.54, 1.807) is 0 Å². The van der Waals surface area contributed by atoms with E-state index in [4.69, 9.17) is 4.98 Å². The minimum atomic E-state index is -0.339. The van der Waals surface area contributed by atoms with Crippen LogP contribution in [0.1, 0.15) is 24.2 Å². The third kappa shape index (κ3) is 4.18. The summed E-state index contributed by atoms with van der Waals surface area (Å²) in [6, 6.07) is 18.4. The number of hydrogen-bond acceptors (Lipinski definition) is 4. The van der Waals surface area contributed by atoms with Crippen LogP contribution >= 0.6 is 0 Å². The zero-order valence-electron chi connectivity index (χ0n) is 17.5. The van der Waals surface area contributed by atoms with Crippen molar-refractivity contribution in [3.63, 3.8) is 0 Å². The Bertz CT molecular complexity index is 1090. The van der Waals surface area contributed by atoms with Crippen molar-refractivity contribution in [2.24, 2.45) is 0 Å². The highest BCUT2D eigenvalue weighted by Crippen LogP contribution is 2.20. The highest BCUT2D eigenvalue weighted by atomic mass is 16.2. The molecule has 2 amide bonds. The van der Waals surface area contributed by atoms with E-state index in [9.17, 15) is 9.59 Å². The van der Waals surface area contributed by atoms with Crippen LogP contribution in [0.4, 0.5) is 0 Å². The lowest BCUT2D eigenvalue weighted by Gasteiger charge is -2.35. The number of amides is 2. The first kappa shape index (κ1) is 19.8. The average Bonchev–Trinajstić information content (AvgIpc) is 3.38. The van der Waals surface area contributed by atoms with Gasteiger partial charge in [0.2, 0.25) is 11.8 Å². The van der Waals surface area contributed by atoms with Crippen LogP contribution in [-0.2, 0) is 22.7 Å². The lowest BCUT2D eigenvalue weighted by molar-refractivity contribution is -0.136. The molecule has 2 fully saturated rings. The van der Waals surface area contributed by atoms with Gasteiger partial charge in [-0.25, -0.2) is 4.98 Å². The normalized spacial score (nSPS) is 19.7. The van der Waals surface area contributed by atoms with E-state index in [0.29, 0.717) is 25.9 Å². The van der Waals surface area contributed by atoms with Crippen molar-refractivity contribution in [3.05, 3.63) is 66.0 Å². The van der Waals surface area contributed by atoms with Crippen LogP contribution in [0.15, 0.2) is 54.6 Å². The van der Waals surface area contributed by atoms with Gasteiger partial charge in [0.1, 0.15) is 11.9 Å². The monoisotopic (exact) mass is 417 g/mol. The third-order valence-electron chi connectivity index (χ3n) is 6.26. The average molecular weight is 418 g/mol. The van der Waals surface area contributed by atoms with Gasteiger partial charge in [-0.05, 0) is 24.1 Å². The molecule has 2 aliphatic rings. The maximum atomic E-state index is 12.7. The van der Waals surface area contributed by atoms with Gasteiger partial charge in [0.15, 0.2) is 0 Å². The van der Waals surface area contributed by atoms with Gasteiger partial charge in [-0.1, -0.05) is 42.5 Å². The number of nitrogens with one attached hydrogen (secondary N) is 1. The molecule has 1 aromatic heterocycles. The number of fused-ring (bicyclic) bond motifs is 1. The Hall–Kier alpha value is -3.19. The first-order valence-electron chi connectivity index (χ1n) is 11.0. The Morgan fingerprint density at radius 1 is 0.968 bits per heavy atom. The van der Waals surface area contributed by atoms with Gasteiger partial charge in [-0.15, -0.1) is 0 Å². The smallest absolute Gasteiger partial charge is 0.245 e. The van der Waals surface area contributed by atoms with Crippen LogP contribution < -0.4 is 5.32 Å². The van der Waals surface area contributed by atoms with Gasteiger partial charge in [0.25, 0.3) is 0 Å². The van der Waals surface area contributed by atoms with Crippen molar-refractivity contribution in [3.8, 4) is 0 Å². The molecule has 7 heteroatoms. The molecule has 2 aromatic carbocycles. The molecule has 0 bridgehead atoms. The van der Waals surface area contributed by atoms with Gasteiger partial charge >= 0.3 is 0 Å². The molecule has 0 radical (unpaired) electrons. The Kier molecular flexibility index (Phi) is 5.42. The molecule has 7 nitrogen and oxygen atoms in total. The van der Waals surface area contributed by atoms with Crippen LogP contribution in [0.25, 0.3) is 11.0 Å². The van der Waals surface area contributed by atoms with Crippen molar-refractivity contribution in [1.82, 2.24) is 24.7 Å². The van der Waals surface area contributed by atoms with E-state index in [2.05, 4.69) is 57.2 Å². The van der Waals surface area contributed by atoms with Crippen molar-refractivity contribution >= 4 is 22.8 Å². The number of nitrogens with zero attached hydrogens (tertiary/aromatic N) is 4. The third-order valence-corrected chi connectivity index (χ3v) is 6.26. The maximum absolute atomic E-state index is 12.7. The minimum Gasteiger partial charge on any atom is -0.344 e. The summed E-state index contributed by atoms with van der Waals surface area (Å²) in [6.45, 7) is 4.52. The lowest BCUT2D eigenvalue weighted by Crippen LogP contribution is -2.53. The van der Waals surface area contributed by atoms with Crippen LogP contribution in [-0.4, -0.2) is 63.4 Å². The Morgan fingerprint density at radius 3 is 2.45 bits per heavy atom. The molecule has 3 aromatic rings. The summed E-state index contributed by atoms with van der Waals surface area (Å²) in [6.07, 6.45) is 1.06. The number of para-hydroxylation sites is 2. The number of rotatable bonds is 5. The van der Waals surface area contributed by atoms with Crippen LogP contribution in [0.5, 0.6) is 0 Å². The second-order valence-electron chi connectivity index (χ2n) is 8.35. The SMILES string of the molecule is O=C1CCC(C(=O)N2CCN(Cc3nc4ccccc4n3Cc3ccccc3)CC2)N1.